The first-order valence-corrected chi connectivity index (χ1v) is 5.91. The van der Waals surface area contributed by atoms with Crippen LogP contribution in [0.1, 0.15) is 24.8 Å². The Balaban J connectivity index is 1.79. The van der Waals surface area contributed by atoms with E-state index in [9.17, 15) is 9.90 Å². The van der Waals surface area contributed by atoms with Crippen molar-refractivity contribution in [2.75, 3.05) is 12.3 Å². The van der Waals surface area contributed by atoms with Gasteiger partial charge in [-0.15, -0.1) is 0 Å². The second-order valence-electron chi connectivity index (χ2n) is 4.77. The molecule has 0 bridgehead atoms. The van der Waals surface area contributed by atoms with E-state index < -0.39 is 5.60 Å². The summed E-state index contributed by atoms with van der Waals surface area (Å²) in [7, 11) is 0. The number of benzene rings is 1. The van der Waals surface area contributed by atoms with Crippen LogP contribution in [0.15, 0.2) is 24.3 Å². The molecule has 0 spiro atoms. The lowest BCUT2D eigenvalue weighted by atomic mass is 9.80. The molecule has 92 valence electrons. The van der Waals surface area contributed by atoms with Crippen LogP contribution in [0.3, 0.4) is 0 Å². The molecule has 4 N–H and O–H groups in total. The van der Waals surface area contributed by atoms with E-state index in [-0.39, 0.29) is 5.91 Å². The first-order valence-electron chi connectivity index (χ1n) is 5.91. The van der Waals surface area contributed by atoms with Gasteiger partial charge in [0.25, 0.3) is 0 Å². The minimum Gasteiger partial charge on any atom is -0.399 e. The van der Waals surface area contributed by atoms with Crippen molar-refractivity contribution in [3.05, 3.63) is 29.8 Å². The van der Waals surface area contributed by atoms with Crippen LogP contribution < -0.4 is 11.1 Å². The van der Waals surface area contributed by atoms with Crippen LogP contribution in [0.4, 0.5) is 5.69 Å². The van der Waals surface area contributed by atoms with E-state index in [2.05, 4.69) is 5.32 Å². The molecule has 1 aromatic carbocycles. The number of amides is 1. The molecule has 1 amide bonds. The van der Waals surface area contributed by atoms with Gasteiger partial charge in [-0.3, -0.25) is 4.79 Å². The Bertz CT molecular complexity index is 396. The zero-order valence-electron chi connectivity index (χ0n) is 9.78. The molecule has 0 aliphatic heterocycles. The summed E-state index contributed by atoms with van der Waals surface area (Å²) < 4.78 is 0. The molecule has 0 unspecified atom stereocenters. The lowest BCUT2D eigenvalue weighted by Gasteiger charge is -2.36. The second kappa shape index (κ2) is 4.75. The largest absolute Gasteiger partial charge is 0.399 e. The van der Waals surface area contributed by atoms with Gasteiger partial charge >= 0.3 is 0 Å². The molecule has 4 nitrogen and oxygen atoms in total. The van der Waals surface area contributed by atoms with Crippen molar-refractivity contribution in [1.82, 2.24) is 5.32 Å². The molecule has 0 radical (unpaired) electrons. The van der Waals surface area contributed by atoms with Gasteiger partial charge in [-0.2, -0.15) is 0 Å². The Morgan fingerprint density at radius 2 is 2.00 bits per heavy atom. The molecule has 1 aliphatic rings. The number of nitrogens with one attached hydrogen (secondary N) is 1. The molecule has 1 aliphatic carbocycles. The minimum atomic E-state index is -0.656. The Morgan fingerprint density at radius 3 is 2.53 bits per heavy atom. The molecule has 0 atom stereocenters. The average Bonchev–Trinajstić information content (AvgIpc) is 2.27. The SMILES string of the molecule is Nc1ccc(CC(=O)NCC2(O)CCC2)cc1. The average molecular weight is 234 g/mol. The van der Waals surface area contributed by atoms with Crippen molar-refractivity contribution in [3.8, 4) is 0 Å². The molecular weight excluding hydrogens is 216 g/mol. The maximum absolute atomic E-state index is 11.6. The van der Waals surface area contributed by atoms with Crippen LogP contribution >= 0.6 is 0 Å². The first-order chi connectivity index (χ1) is 8.07. The summed E-state index contributed by atoms with van der Waals surface area (Å²) in [5.41, 5.74) is 6.53. The Labute approximate surface area is 101 Å². The van der Waals surface area contributed by atoms with Crippen LogP contribution in [0.5, 0.6) is 0 Å². The van der Waals surface area contributed by atoms with Crippen molar-refractivity contribution in [2.45, 2.75) is 31.3 Å². The fourth-order valence-electron chi connectivity index (χ4n) is 1.91. The van der Waals surface area contributed by atoms with E-state index >= 15 is 0 Å². The Hall–Kier alpha value is -1.55. The predicted octanol–water partition coefficient (Wildman–Crippen LogP) is 0.842. The highest BCUT2D eigenvalue weighted by Gasteiger charge is 2.34. The fraction of sp³-hybridized carbons (Fsp3) is 0.462. The quantitative estimate of drug-likeness (QED) is 0.676. The van der Waals surface area contributed by atoms with Crippen LogP contribution in [0, 0.1) is 0 Å². The van der Waals surface area contributed by atoms with Gasteiger partial charge in [-0.05, 0) is 37.0 Å². The fourth-order valence-corrected chi connectivity index (χ4v) is 1.91. The number of carbonyl (C=O) groups is 1. The summed E-state index contributed by atoms with van der Waals surface area (Å²) in [5.74, 6) is -0.0601. The summed E-state index contributed by atoms with van der Waals surface area (Å²) in [4.78, 5) is 11.6. The van der Waals surface area contributed by atoms with E-state index in [4.69, 9.17) is 5.73 Å². The standard InChI is InChI=1S/C13H18N2O2/c14-11-4-2-10(3-5-11)8-12(16)15-9-13(17)6-1-7-13/h2-5,17H,1,6-9,14H2,(H,15,16). The molecule has 1 saturated carbocycles. The monoisotopic (exact) mass is 234 g/mol. The topological polar surface area (TPSA) is 75.4 Å². The molecule has 17 heavy (non-hydrogen) atoms. The normalized spacial score (nSPS) is 17.2. The van der Waals surface area contributed by atoms with Crippen molar-refractivity contribution < 1.29 is 9.90 Å². The lowest BCUT2D eigenvalue weighted by Crippen LogP contribution is -2.48. The summed E-state index contributed by atoms with van der Waals surface area (Å²) in [6.45, 7) is 0.362. The van der Waals surface area contributed by atoms with Gasteiger partial charge in [0.2, 0.25) is 5.91 Å². The summed E-state index contributed by atoms with van der Waals surface area (Å²) in [5, 5.41) is 12.6. The highest BCUT2D eigenvalue weighted by Crippen LogP contribution is 2.30. The van der Waals surface area contributed by atoms with E-state index in [1.165, 1.54) is 0 Å². The van der Waals surface area contributed by atoms with Crippen molar-refractivity contribution in [2.24, 2.45) is 0 Å². The van der Waals surface area contributed by atoms with Crippen LogP contribution in [-0.4, -0.2) is 23.2 Å². The molecular formula is C13H18N2O2. The molecule has 2 rings (SSSR count). The highest BCUT2D eigenvalue weighted by molar-refractivity contribution is 5.78. The van der Waals surface area contributed by atoms with Gasteiger partial charge in [-0.25, -0.2) is 0 Å². The number of rotatable bonds is 4. The smallest absolute Gasteiger partial charge is 0.224 e. The predicted molar refractivity (Wildman–Crippen MR) is 66.4 cm³/mol. The number of anilines is 1. The van der Waals surface area contributed by atoms with Crippen molar-refractivity contribution in [3.63, 3.8) is 0 Å². The van der Waals surface area contributed by atoms with Gasteiger partial charge < -0.3 is 16.2 Å². The molecule has 0 heterocycles. The second-order valence-corrected chi connectivity index (χ2v) is 4.77. The summed E-state index contributed by atoms with van der Waals surface area (Å²) >= 11 is 0. The maximum Gasteiger partial charge on any atom is 0.224 e. The third-order valence-corrected chi connectivity index (χ3v) is 3.24. The molecule has 1 aromatic rings. The minimum absolute atomic E-state index is 0.0601. The van der Waals surface area contributed by atoms with Crippen LogP contribution in [0.2, 0.25) is 0 Å². The van der Waals surface area contributed by atoms with Gasteiger partial charge in [-0.1, -0.05) is 12.1 Å². The molecule has 0 aromatic heterocycles. The Kier molecular flexibility index (Phi) is 3.33. The van der Waals surface area contributed by atoms with Gasteiger partial charge in [0.15, 0.2) is 0 Å². The van der Waals surface area contributed by atoms with Gasteiger partial charge in [0.05, 0.1) is 12.0 Å². The maximum atomic E-state index is 11.6. The first kappa shape index (κ1) is 11.9. The zero-order chi connectivity index (χ0) is 12.3. The third-order valence-electron chi connectivity index (χ3n) is 3.24. The number of aliphatic hydroxyl groups is 1. The van der Waals surface area contributed by atoms with Crippen molar-refractivity contribution >= 4 is 11.6 Å². The number of hydrogen-bond donors (Lipinski definition) is 3. The van der Waals surface area contributed by atoms with Crippen molar-refractivity contribution in [1.29, 1.82) is 0 Å². The van der Waals surface area contributed by atoms with Gasteiger partial charge in [0, 0.05) is 12.2 Å². The number of nitrogens with two attached hydrogens (primary N) is 1. The summed E-state index contributed by atoms with van der Waals surface area (Å²) in [6.07, 6.45) is 2.95. The van der Waals surface area contributed by atoms with E-state index in [1.54, 1.807) is 12.1 Å². The zero-order valence-corrected chi connectivity index (χ0v) is 9.78. The van der Waals surface area contributed by atoms with Gasteiger partial charge in [0.1, 0.15) is 0 Å². The number of hydrogen-bond acceptors (Lipinski definition) is 3. The van der Waals surface area contributed by atoms with E-state index in [0.717, 1.165) is 24.8 Å². The van der Waals surface area contributed by atoms with Crippen LogP contribution in [-0.2, 0) is 11.2 Å². The lowest BCUT2D eigenvalue weighted by molar-refractivity contribution is -0.122. The molecule has 4 heteroatoms. The molecule has 1 fully saturated rings. The van der Waals surface area contributed by atoms with E-state index in [1.807, 2.05) is 12.1 Å². The molecule has 0 saturated heterocycles. The third kappa shape index (κ3) is 3.20. The summed E-state index contributed by atoms with van der Waals surface area (Å²) in [6, 6.07) is 7.24. The number of nitrogen functional groups attached to an aromatic ring is 1. The van der Waals surface area contributed by atoms with E-state index in [0.29, 0.717) is 18.7 Å². The highest BCUT2D eigenvalue weighted by atomic mass is 16.3. The Morgan fingerprint density at radius 1 is 1.35 bits per heavy atom. The van der Waals surface area contributed by atoms with Crippen LogP contribution in [0.25, 0.3) is 0 Å². The number of carbonyl (C=O) groups excluding carboxylic acids is 1.